The van der Waals surface area contributed by atoms with E-state index in [1.165, 1.54) is 6.26 Å². The quantitative estimate of drug-likeness (QED) is 0.747. The van der Waals surface area contributed by atoms with Gasteiger partial charge < -0.3 is 10.2 Å². The summed E-state index contributed by atoms with van der Waals surface area (Å²) < 4.78 is 4.99. The largest absolute Gasteiger partial charge is 0.432 e. The van der Waals surface area contributed by atoms with Gasteiger partial charge in [0.25, 0.3) is 0 Å². The third-order valence-electron chi connectivity index (χ3n) is 2.27. The fourth-order valence-corrected chi connectivity index (χ4v) is 1.23. The number of nitrogens with one attached hydrogen (secondary N) is 1. The summed E-state index contributed by atoms with van der Waals surface area (Å²) in [6.45, 7) is 1.80. The van der Waals surface area contributed by atoms with Crippen LogP contribution in [0.3, 0.4) is 0 Å². The molecule has 14 heavy (non-hydrogen) atoms. The van der Waals surface area contributed by atoms with Crippen molar-refractivity contribution in [2.75, 3.05) is 5.32 Å². The van der Waals surface area contributed by atoms with Crippen LogP contribution in [-0.4, -0.2) is 16.4 Å². The van der Waals surface area contributed by atoms with Crippen LogP contribution in [0, 0.1) is 6.92 Å². The number of amides is 1. The van der Waals surface area contributed by atoms with E-state index in [4.69, 9.17) is 10.2 Å². The average molecular weight is 195 g/mol. The van der Waals surface area contributed by atoms with E-state index in [1.807, 2.05) is 0 Å². The minimum Gasteiger partial charge on any atom is -0.432 e. The molecular weight excluding hydrogens is 182 g/mol. The standard InChI is InChI=1S/C9H13N3O2/c1-6-5-14-8(11-6)12-7(13)4-9(10)2-3-9/h5H,2-4,10H2,1H3,(H,11,12,13). The molecule has 2 rings (SSSR count). The molecule has 0 spiro atoms. The van der Waals surface area contributed by atoms with Gasteiger partial charge in [0.2, 0.25) is 5.91 Å². The number of carbonyl (C=O) groups is 1. The van der Waals surface area contributed by atoms with Crippen molar-refractivity contribution in [2.45, 2.75) is 31.7 Å². The summed E-state index contributed by atoms with van der Waals surface area (Å²) in [4.78, 5) is 15.3. The van der Waals surface area contributed by atoms with E-state index in [1.54, 1.807) is 6.92 Å². The van der Waals surface area contributed by atoms with Gasteiger partial charge in [0, 0.05) is 12.0 Å². The lowest BCUT2D eigenvalue weighted by Gasteiger charge is -2.06. The highest BCUT2D eigenvalue weighted by Gasteiger charge is 2.40. The number of rotatable bonds is 3. The van der Waals surface area contributed by atoms with Crippen LogP contribution >= 0.6 is 0 Å². The van der Waals surface area contributed by atoms with E-state index in [0.717, 1.165) is 18.5 Å². The second-order valence-corrected chi connectivity index (χ2v) is 3.88. The number of hydrogen-bond acceptors (Lipinski definition) is 4. The second-order valence-electron chi connectivity index (χ2n) is 3.88. The molecule has 0 saturated heterocycles. The van der Waals surface area contributed by atoms with Crippen LogP contribution in [0.5, 0.6) is 0 Å². The number of hydrogen-bond donors (Lipinski definition) is 2. The highest BCUT2D eigenvalue weighted by molar-refractivity contribution is 5.89. The van der Waals surface area contributed by atoms with E-state index >= 15 is 0 Å². The van der Waals surface area contributed by atoms with Crippen molar-refractivity contribution in [3.8, 4) is 0 Å². The number of aromatic nitrogens is 1. The van der Waals surface area contributed by atoms with Gasteiger partial charge in [-0.15, -0.1) is 0 Å². The molecule has 0 aliphatic heterocycles. The Hall–Kier alpha value is -1.36. The molecule has 0 unspecified atom stereocenters. The van der Waals surface area contributed by atoms with Crippen molar-refractivity contribution in [3.63, 3.8) is 0 Å². The fraction of sp³-hybridized carbons (Fsp3) is 0.556. The SMILES string of the molecule is Cc1coc(NC(=O)CC2(N)CC2)n1. The maximum absolute atomic E-state index is 11.4. The highest BCUT2D eigenvalue weighted by atomic mass is 16.4. The summed E-state index contributed by atoms with van der Waals surface area (Å²) in [5.74, 6) is -0.133. The smallest absolute Gasteiger partial charge is 0.301 e. The molecule has 1 saturated carbocycles. The van der Waals surface area contributed by atoms with Gasteiger partial charge >= 0.3 is 6.01 Å². The predicted molar refractivity (Wildman–Crippen MR) is 50.6 cm³/mol. The maximum atomic E-state index is 11.4. The van der Waals surface area contributed by atoms with Crippen LogP contribution in [0.1, 0.15) is 25.0 Å². The van der Waals surface area contributed by atoms with E-state index in [9.17, 15) is 4.79 Å². The van der Waals surface area contributed by atoms with Crippen molar-refractivity contribution in [1.29, 1.82) is 0 Å². The number of oxazole rings is 1. The predicted octanol–water partition coefficient (Wildman–Crippen LogP) is 0.803. The van der Waals surface area contributed by atoms with Gasteiger partial charge in [0.1, 0.15) is 6.26 Å². The third kappa shape index (κ3) is 2.11. The van der Waals surface area contributed by atoms with Crippen LogP contribution in [-0.2, 0) is 4.79 Å². The Balaban J connectivity index is 1.88. The van der Waals surface area contributed by atoms with Crippen molar-refractivity contribution in [1.82, 2.24) is 4.98 Å². The minimum absolute atomic E-state index is 0.133. The number of carbonyl (C=O) groups excluding carboxylic acids is 1. The average Bonchev–Trinajstić information content (AvgIpc) is 2.64. The molecule has 1 heterocycles. The summed E-state index contributed by atoms with van der Waals surface area (Å²) in [5.41, 5.74) is 6.27. The van der Waals surface area contributed by atoms with Crippen molar-refractivity contribution in [2.24, 2.45) is 5.73 Å². The molecule has 76 valence electrons. The molecule has 1 aliphatic rings. The summed E-state index contributed by atoms with van der Waals surface area (Å²) in [6, 6.07) is 0.247. The first-order chi connectivity index (χ1) is 6.57. The third-order valence-corrected chi connectivity index (χ3v) is 2.27. The van der Waals surface area contributed by atoms with Gasteiger partial charge in [0.05, 0.1) is 5.69 Å². The Morgan fingerprint density at radius 2 is 2.50 bits per heavy atom. The maximum Gasteiger partial charge on any atom is 0.301 e. The number of anilines is 1. The van der Waals surface area contributed by atoms with Gasteiger partial charge in [-0.2, -0.15) is 4.98 Å². The number of aryl methyl sites for hydroxylation is 1. The highest BCUT2D eigenvalue weighted by Crippen LogP contribution is 2.35. The molecule has 0 bridgehead atoms. The van der Waals surface area contributed by atoms with E-state index < -0.39 is 0 Å². The van der Waals surface area contributed by atoms with Crippen LogP contribution < -0.4 is 11.1 Å². The monoisotopic (exact) mass is 195 g/mol. The Morgan fingerprint density at radius 1 is 1.79 bits per heavy atom. The molecular formula is C9H13N3O2. The molecule has 1 aromatic rings. The van der Waals surface area contributed by atoms with E-state index in [0.29, 0.717) is 6.42 Å². The van der Waals surface area contributed by atoms with Crippen molar-refractivity contribution < 1.29 is 9.21 Å². The Bertz CT molecular complexity index is 355. The first-order valence-corrected chi connectivity index (χ1v) is 4.58. The van der Waals surface area contributed by atoms with Gasteiger partial charge in [-0.25, -0.2) is 0 Å². The topological polar surface area (TPSA) is 81.2 Å². The summed E-state index contributed by atoms with van der Waals surface area (Å²) in [6.07, 6.45) is 3.68. The molecule has 1 aliphatic carbocycles. The summed E-state index contributed by atoms with van der Waals surface area (Å²) >= 11 is 0. The van der Waals surface area contributed by atoms with Crippen molar-refractivity contribution >= 4 is 11.9 Å². The van der Waals surface area contributed by atoms with Crippen molar-refractivity contribution in [3.05, 3.63) is 12.0 Å². The molecule has 1 fully saturated rings. The van der Waals surface area contributed by atoms with Gasteiger partial charge in [-0.1, -0.05) is 0 Å². The zero-order valence-electron chi connectivity index (χ0n) is 8.04. The molecule has 1 amide bonds. The first-order valence-electron chi connectivity index (χ1n) is 4.58. The number of nitrogens with zero attached hydrogens (tertiary/aromatic N) is 1. The van der Waals surface area contributed by atoms with E-state index in [2.05, 4.69) is 10.3 Å². The molecule has 0 atom stereocenters. The Morgan fingerprint density at radius 3 is 3.00 bits per heavy atom. The molecule has 5 nitrogen and oxygen atoms in total. The molecule has 0 radical (unpaired) electrons. The normalized spacial score (nSPS) is 17.9. The summed E-state index contributed by atoms with van der Waals surface area (Å²) in [7, 11) is 0. The minimum atomic E-state index is -0.272. The Kier molecular flexibility index (Phi) is 2.03. The van der Waals surface area contributed by atoms with E-state index in [-0.39, 0.29) is 17.5 Å². The van der Waals surface area contributed by atoms with Crippen LogP contribution in [0.2, 0.25) is 0 Å². The van der Waals surface area contributed by atoms with Crippen LogP contribution in [0.25, 0.3) is 0 Å². The van der Waals surface area contributed by atoms with Crippen LogP contribution in [0.4, 0.5) is 6.01 Å². The lowest BCUT2D eigenvalue weighted by atomic mass is 10.2. The summed E-state index contributed by atoms with van der Waals surface area (Å²) in [5, 5.41) is 2.56. The molecule has 3 N–H and O–H groups in total. The van der Waals surface area contributed by atoms with Gasteiger partial charge in [0.15, 0.2) is 0 Å². The fourth-order valence-electron chi connectivity index (χ4n) is 1.23. The number of nitrogens with two attached hydrogens (primary N) is 1. The van der Waals surface area contributed by atoms with Gasteiger partial charge in [-0.05, 0) is 19.8 Å². The molecule has 0 aromatic carbocycles. The van der Waals surface area contributed by atoms with Gasteiger partial charge in [-0.3, -0.25) is 10.1 Å². The lowest BCUT2D eigenvalue weighted by Crippen LogP contribution is -2.28. The second kappa shape index (κ2) is 3.09. The first kappa shape index (κ1) is 9.21. The van der Waals surface area contributed by atoms with Crippen LogP contribution in [0.15, 0.2) is 10.7 Å². The Labute approximate surface area is 81.7 Å². The lowest BCUT2D eigenvalue weighted by molar-refractivity contribution is -0.116. The zero-order valence-corrected chi connectivity index (χ0v) is 8.04. The zero-order chi connectivity index (χ0) is 10.2. The molecule has 1 aromatic heterocycles. The molecule has 5 heteroatoms.